The Morgan fingerprint density at radius 2 is 1.76 bits per heavy atom. The molecule has 136 valence electrons. The molecule has 4 heteroatoms. The van der Waals surface area contributed by atoms with Crippen molar-refractivity contribution in [1.29, 1.82) is 5.26 Å². The van der Waals surface area contributed by atoms with Gasteiger partial charge in [0.25, 0.3) is 0 Å². The number of nitrogens with one attached hydrogen (secondary N) is 2. The lowest BCUT2D eigenvalue weighted by molar-refractivity contribution is -0.121. The molecule has 0 unspecified atom stereocenters. The molecule has 0 heterocycles. The lowest BCUT2D eigenvalue weighted by Crippen LogP contribution is -2.50. The summed E-state index contributed by atoms with van der Waals surface area (Å²) in [5, 5.41) is 15.7. The molecule has 2 rings (SSSR count). The van der Waals surface area contributed by atoms with Crippen LogP contribution in [0.1, 0.15) is 70.5 Å². The van der Waals surface area contributed by atoms with Crippen LogP contribution in [0.5, 0.6) is 0 Å². The van der Waals surface area contributed by atoms with Gasteiger partial charge in [-0.05, 0) is 48.6 Å². The average molecular weight is 341 g/mol. The summed E-state index contributed by atoms with van der Waals surface area (Å²) in [6.45, 7) is 10.7. The van der Waals surface area contributed by atoms with Gasteiger partial charge in [0.15, 0.2) is 0 Å². The molecule has 0 bridgehead atoms. The van der Waals surface area contributed by atoms with Gasteiger partial charge in [0.05, 0.1) is 12.6 Å². The summed E-state index contributed by atoms with van der Waals surface area (Å²) in [5.41, 5.74) is 1.78. The Balaban J connectivity index is 1.97. The third kappa shape index (κ3) is 5.06. The summed E-state index contributed by atoms with van der Waals surface area (Å²) in [4.78, 5) is 12.3. The second kappa shape index (κ2) is 8.01. The molecule has 1 amide bonds. The third-order valence-corrected chi connectivity index (χ3v) is 5.14. The largest absolute Gasteiger partial charge is 0.337 e. The average Bonchev–Trinajstić information content (AvgIpc) is 3.40. The van der Waals surface area contributed by atoms with E-state index in [-0.39, 0.29) is 18.5 Å². The molecule has 1 fully saturated rings. The van der Waals surface area contributed by atoms with Crippen molar-refractivity contribution in [3.8, 4) is 6.07 Å². The summed E-state index contributed by atoms with van der Waals surface area (Å²) >= 11 is 0. The Hall–Kier alpha value is -1.86. The van der Waals surface area contributed by atoms with Crippen molar-refractivity contribution in [3.63, 3.8) is 0 Å². The van der Waals surface area contributed by atoms with Crippen molar-refractivity contribution in [2.45, 2.75) is 65.0 Å². The van der Waals surface area contributed by atoms with Crippen molar-refractivity contribution < 1.29 is 4.79 Å². The highest BCUT2D eigenvalue weighted by molar-refractivity contribution is 5.79. The topological polar surface area (TPSA) is 64.9 Å². The molecule has 1 aliphatic rings. The van der Waals surface area contributed by atoms with Crippen LogP contribution in [0, 0.1) is 23.2 Å². The van der Waals surface area contributed by atoms with Crippen LogP contribution >= 0.6 is 0 Å². The number of benzene rings is 1. The molecule has 1 aliphatic carbocycles. The molecule has 1 aromatic carbocycles. The molecule has 2 N–H and O–H groups in total. The Kier molecular flexibility index (Phi) is 6.24. The minimum absolute atomic E-state index is 0.111. The van der Waals surface area contributed by atoms with Crippen molar-refractivity contribution in [3.05, 3.63) is 35.4 Å². The van der Waals surface area contributed by atoms with Crippen LogP contribution in [0.25, 0.3) is 0 Å². The third-order valence-electron chi connectivity index (χ3n) is 5.14. The summed E-state index contributed by atoms with van der Waals surface area (Å²) in [6.07, 6.45) is 2.04. The highest BCUT2D eigenvalue weighted by atomic mass is 16.2. The molecule has 2 atom stereocenters. The smallest absolute Gasteiger partial charge is 0.235 e. The van der Waals surface area contributed by atoms with Crippen molar-refractivity contribution in [1.82, 2.24) is 10.6 Å². The Morgan fingerprint density at radius 3 is 2.20 bits per heavy atom. The van der Waals surface area contributed by atoms with Crippen LogP contribution in [0.15, 0.2) is 24.3 Å². The molecule has 0 spiro atoms. The van der Waals surface area contributed by atoms with E-state index in [1.165, 1.54) is 11.1 Å². The van der Waals surface area contributed by atoms with Gasteiger partial charge >= 0.3 is 0 Å². The second-order valence-corrected chi connectivity index (χ2v) is 8.06. The van der Waals surface area contributed by atoms with E-state index >= 15 is 0 Å². The first-order valence-corrected chi connectivity index (χ1v) is 9.32. The first kappa shape index (κ1) is 19.5. The summed E-state index contributed by atoms with van der Waals surface area (Å²) in [6, 6.07) is 11.0. The van der Waals surface area contributed by atoms with Crippen LogP contribution in [0.3, 0.4) is 0 Å². The Morgan fingerprint density at radius 1 is 1.20 bits per heavy atom. The van der Waals surface area contributed by atoms with E-state index in [4.69, 9.17) is 0 Å². The zero-order valence-corrected chi connectivity index (χ0v) is 16.1. The maximum atomic E-state index is 12.3. The molecule has 0 radical (unpaired) electrons. The fourth-order valence-electron chi connectivity index (χ4n) is 3.25. The van der Waals surface area contributed by atoms with Gasteiger partial charge in [-0.15, -0.1) is 0 Å². The number of hydrogen-bond donors (Lipinski definition) is 2. The van der Waals surface area contributed by atoms with E-state index < -0.39 is 5.54 Å². The minimum atomic E-state index is -0.731. The maximum Gasteiger partial charge on any atom is 0.235 e. The fraction of sp³-hybridized carbons (Fsp3) is 0.619. The van der Waals surface area contributed by atoms with Crippen molar-refractivity contribution in [2.75, 3.05) is 6.54 Å². The Bertz CT molecular complexity index is 626. The summed E-state index contributed by atoms with van der Waals surface area (Å²) in [5.74, 6) is 1.06. The van der Waals surface area contributed by atoms with E-state index in [1.54, 1.807) is 0 Å². The molecule has 0 aliphatic heterocycles. The van der Waals surface area contributed by atoms with E-state index in [1.807, 2.05) is 6.92 Å². The van der Waals surface area contributed by atoms with E-state index in [2.05, 4.69) is 68.7 Å². The highest BCUT2D eigenvalue weighted by Gasteiger charge is 2.42. The zero-order chi connectivity index (χ0) is 18.6. The monoisotopic (exact) mass is 341 g/mol. The summed E-state index contributed by atoms with van der Waals surface area (Å²) in [7, 11) is 0. The lowest BCUT2D eigenvalue weighted by atomic mass is 9.93. The van der Waals surface area contributed by atoms with Gasteiger partial charge in [-0.1, -0.05) is 52.0 Å². The molecular weight excluding hydrogens is 310 g/mol. The number of nitrogens with zero attached hydrogens (tertiary/aromatic N) is 1. The number of rotatable bonds is 8. The molecule has 0 aromatic heterocycles. The van der Waals surface area contributed by atoms with E-state index in [0.717, 1.165) is 12.8 Å². The van der Waals surface area contributed by atoms with E-state index in [0.29, 0.717) is 17.8 Å². The second-order valence-electron chi connectivity index (χ2n) is 8.06. The van der Waals surface area contributed by atoms with Gasteiger partial charge in [0.2, 0.25) is 5.91 Å². The van der Waals surface area contributed by atoms with Crippen LogP contribution in [0.4, 0.5) is 0 Å². The summed E-state index contributed by atoms with van der Waals surface area (Å²) < 4.78 is 0. The van der Waals surface area contributed by atoms with Crippen LogP contribution in [0.2, 0.25) is 0 Å². The molecule has 25 heavy (non-hydrogen) atoms. The van der Waals surface area contributed by atoms with Gasteiger partial charge in [0, 0.05) is 6.04 Å². The number of nitriles is 1. The number of carbonyl (C=O) groups is 1. The zero-order valence-electron chi connectivity index (χ0n) is 16.1. The predicted octanol–water partition coefficient (Wildman–Crippen LogP) is 3.91. The predicted molar refractivity (Wildman–Crippen MR) is 101 cm³/mol. The van der Waals surface area contributed by atoms with Crippen LogP contribution < -0.4 is 10.6 Å². The van der Waals surface area contributed by atoms with Crippen molar-refractivity contribution >= 4 is 5.91 Å². The minimum Gasteiger partial charge on any atom is -0.337 e. The fourth-order valence-corrected chi connectivity index (χ4v) is 3.25. The highest BCUT2D eigenvalue weighted by Crippen LogP contribution is 2.39. The van der Waals surface area contributed by atoms with Crippen LogP contribution in [-0.2, 0) is 4.79 Å². The first-order chi connectivity index (χ1) is 11.8. The molecule has 4 nitrogen and oxygen atoms in total. The van der Waals surface area contributed by atoms with Crippen LogP contribution in [-0.4, -0.2) is 18.0 Å². The first-order valence-electron chi connectivity index (χ1n) is 9.32. The quantitative estimate of drug-likeness (QED) is 0.753. The normalized spacial score (nSPS) is 17.8. The SMILES string of the molecule is CC(C)c1ccc([C@H](NCC(=O)N[C@](C)(C#N)C2CC2)C(C)C)cc1. The standard InChI is InChI=1S/C21H31N3O/c1-14(2)16-6-8-17(9-7-16)20(15(3)4)23-12-19(25)24-21(5,13-22)18-10-11-18/h6-9,14-15,18,20,23H,10-12H2,1-5H3,(H,24,25)/t20-,21-/m1/s1. The van der Waals surface area contributed by atoms with Gasteiger partial charge in [-0.3, -0.25) is 4.79 Å². The van der Waals surface area contributed by atoms with Gasteiger partial charge in [-0.2, -0.15) is 5.26 Å². The number of amides is 1. The van der Waals surface area contributed by atoms with Gasteiger partial charge < -0.3 is 10.6 Å². The van der Waals surface area contributed by atoms with Gasteiger partial charge in [0.1, 0.15) is 5.54 Å². The lowest BCUT2D eigenvalue weighted by Gasteiger charge is -2.26. The molecule has 0 saturated heterocycles. The molecule has 1 aromatic rings. The number of carbonyl (C=O) groups excluding carboxylic acids is 1. The molecule has 1 saturated carbocycles. The maximum absolute atomic E-state index is 12.3. The molecular formula is C21H31N3O. The van der Waals surface area contributed by atoms with Gasteiger partial charge in [-0.25, -0.2) is 0 Å². The van der Waals surface area contributed by atoms with E-state index in [9.17, 15) is 10.1 Å². The Labute approximate surface area is 152 Å². The number of hydrogen-bond acceptors (Lipinski definition) is 3. The van der Waals surface area contributed by atoms with Crippen molar-refractivity contribution in [2.24, 2.45) is 11.8 Å².